The van der Waals surface area contributed by atoms with Gasteiger partial charge in [-0.05, 0) is 24.6 Å². The van der Waals surface area contributed by atoms with Crippen LogP contribution in [0.3, 0.4) is 0 Å². The van der Waals surface area contributed by atoms with Crippen molar-refractivity contribution in [1.82, 2.24) is 25.1 Å². The van der Waals surface area contributed by atoms with Crippen LogP contribution in [0.2, 0.25) is 0 Å². The summed E-state index contributed by atoms with van der Waals surface area (Å²) in [6, 6.07) is 4.24. The summed E-state index contributed by atoms with van der Waals surface area (Å²) < 4.78 is 2.10. The minimum atomic E-state index is 0.778. The molecule has 0 radical (unpaired) electrons. The van der Waals surface area contributed by atoms with Gasteiger partial charge in [0.2, 0.25) is 0 Å². The van der Waals surface area contributed by atoms with Gasteiger partial charge in [-0.1, -0.05) is 13.0 Å². The highest BCUT2D eigenvalue weighted by atomic mass is 15.3. The lowest BCUT2D eigenvalue weighted by molar-refractivity contribution is 0.556. The molecule has 2 aromatic rings. The van der Waals surface area contributed by atoms with E-state index >= 15 is 0 Å². The molecule has 1 aliphatic rings. The smallest absolute Gasteiger partial charge is 0.152 e. The molecule has 0 bridgehead atoms. The summed E-state index contributed by atoms with van der Waals surface area (Å²) in [6.07, 6.45) is 4.90. The van der Waals surface area contributed by atoms with Gasteiger partial charge in [0.25, 0.3) is 0 Å². The molecule has 6 nitrogen and oxygen atoms in total. The number of hydrogen-bond donors (Lipinski definition) is 1. The fourth-order valence-electron chi connectivity index (χ4n) is 2.38. The fraction of sp³-hybridized carbons (Fsp3) is 0.500. The molecule has 0 aromatic carbocycles. The highest BCUT2D eigenvalue weighted by molar-refractivity contribution is 5.40. The van der Waals surface area contributed by atoms with Crippen LogP contribution in [0, 0.1) is 0 Å². The predicted octanol–water partition coefficient (Wildman–Crippen LogP) is 1.19. The molecule has 6 heteroatoms. The summed E-state index contributed by atoms with van der Waals surface area (Å²) in [5.74, 6) is 2.02. The van der Waals surface area contributed by atoms with Crippen molar-refractivity contribution in [2.24, 2.45) is 0 Å². The van der Waals surface area contributed by atoms with Crippen molar-refractivity contribution in [2.75, 3.05) is 18.0 Å². The highest BCUT2D eigenvalue weighted by Gasteiger charge is 2.18. The maximum Gasteiger partial charge on any atom is 0.152 e. The van der Waals surface area contributed by atoms with Gasteiger partial charge in [0.15, 0.2) is 5.82 Å². The zero-order valence-corrected chi connectivity index (χ0v) is 11.8. The van der Waals surface area contributed by atoms with Crippen LogP contribution in [0.25, 0.3) is 0 Å². The SMILES string of the molecule is CCCNCc1ccc(N2CCn3cnnc3C2)nc1. The molecule has 0 amide bonds. The van der Waals surface area contributed by atoms with Crippen LogP contribution in [0.1, 0.15) is 24.7 Å². The van der Waals surface area contributed by atoms with E-state index in [1.165, 1.54) is 5.56 Å². The number of nitrogens with zero attached hydrogens (tertiary/aromatic N) is 5. The molecule has 0 unspecified atom stereocenters. The normalized spacial score (nSPS) is 14.3. The monoisotopic (exact) mass is 272 g/mol. The number of aromatic nitrogens is 4. The zero-order chi connectivity index (χ0) is 13.8. The van der Waals surface area contributed by atoms with Crippen LogP contribution in [0.5, 0.6) is 0 Å². The molecule has 1 aliphatic heterocycles. The Hall–Kier alpha value is -1.95. The second kappa shape index (κ2) is 6.00. The van der Waals surface area contributed by atoms with E-state index in [1.54, 1.807) is 6.33 Å². The molecular weight excluding hydrogens is 252 g/mol. The maximum atomic E-state index is 4.57. The summed E-state index contributed by atoms with van der Waals surface area (Å²) in [7, 11) is 0. The van der Waals surface area contributed by atoms with E-state index in [4.69, 9.17) is 0 Å². The first-order valence-corrected chi connectivity index (χ1v) is 7.14. The van der Waals surface area contributed by atoms with Gasteiger partial charge in [-0.2, -0.15) is 0 Å². The van der Waals surface area contributed by atoms with Crippen molar-refractivity contribution in [1.29, 1.82) is 0 Å². The topological polar surface area (TPSA) is 58.9 Å². The molecule has 2 aromatic heterocycles. The molecule has 0 fully saturated rings. The molecule has 20 heavy (non-hydrogen) atoms. The van der Waals surface area contributed by atoms with Gasteiger partial charge >= 0.3 is 0 Å². The number of hydrogen-bond acceptors (Lipinski definition) is 5. The van der Waals surface area contributed by atoms with E-state index in [0.29, 0.717) is 0 Å². The number of fused-ring (bicyclic) bond motifs is 1. The Balaban J connectivity index is 1.63. The summed E-state index contributed by atoms with van der Waals surface area (Å²) in [6.45, 7) is 6.75. The molecule has 0 spiro atoms. The Bertz CT molecular complexity index is 547. The van der Waals surface area contributed by atoms with Gasteiger partial charge in [0.1, 0.15) is 12.1 Å². The summed E-state index contributed by atoms with van der Waals surface area (Å²) in [5.41, 5.74) is 1.22. The van der Waals surface area contributed by atoms with Gasteiger partial charge in [-0.3, -0.25) is 0 Å². The lowest BCUT2D eigenvalue weighted by Crippen LogP contribution is -2.34. The molecular formula is C14H20N6. The minimum Gasteiger partial charge on any atom is -0.347 e. The fourth-order valence-corrected chi connectivity index (χ4v) is 2.38. The molecule has 1 N–H and O–H groups in total. The summed E-state index contributed by atoms with van der Waals surface area (Å²) >= 11 is 0. The largest absolute Gasteiger partial charge is 0.347 e. The molecule has 0 saturated heterocycles. The van der Waals surface area contributed by atoms with Gasteiger partial charge in [-0.25, -0.2) is 4.98 Å². The number of rotatable bonds is 5. The molecule has 3 rings (SSSR count). The molecule has 0 aliphatic carbocycles. The van der Waals surface area contributed by atoms with Crippen LogP contribution in [0.15, 0.2) is 24.7 Å². The van der Waals surface area contributed by atoms with E-state index in [1.807, 2.05) is 6.20 Å². The first-order valence-electron chi connectivity index (χ1n) is 7.14. The zero-order valence-electron chi connectivity index (χ0n) is 11.8. The Morgan fingerprint density at radius 1 is 1.30 bits per heavy atom. The maximum absolute atomic E-state index is 4.57. The van der Waals surface area contributed by atoms with Crippen molar-refractivity contribution in [3.05, 3.63) is 36.0 Å². The van der Waals surface area contributed by atoms with Crippen LogP contribution < -0.4 is 10.2 Å². The third kappa shape index (κ3) is 2.80. The van der Waals surface area contributed by atoms with E-state index in [0.717, 1.165) is 50.8 Å². The Kier molecular flexibility index (Phi) is 3.92. The van der Waals surface area contributed by atoms with Crippen molar-refractivity contribution >= 4 is 5.82 Å². The standard InChI is InChI=1S/C14H20N6/c1-2-5-15-8-12-3-4-13(16-9-12)19-6-7-20-11-17-18-14(20)10-19/h3-4,9,11,15H,2,5-8,10H2,1H3. The van der Waals surface area contributed by atoms with Gasteiger partial charge < -0.3 is 14.8 Å². The second-order valence-corrected chi connectivity index (χ2v) is 5.06. The van der Waals surface area contributed by atoms with Crippen LogP contribution in [-0.2, 0) is 19.6 Å². The molecule has 0 atom stereocenters. The first kappa shape index (κ1) is 13.1. The average Bonchev–Trinajstić information content (AvgIpc) is 2.96. The van der Waals surface area contributed by atoms with Gasteiger partial charge in [0, 0.05) is 25.8 Å². The van der Waals surface area contributed by atoms with Gasteiger partial charge in [-0.15, -0.1) is 10.2 Å². The number of pyridine rings is 1. The number of nitrogens with one attached hydrogen (secondary N) is 1. The third-order valence-corrected chi connectivity index (χ3v) is 3.53. The Labute approximate surface area is 118 Å². The van der Waals surface area contributed by atoms with E-state index < -0.39 is 0 Å². The Morgan fingerprint density at radius 2 is 2.25 bits per heavy atom. The van der Waals surface area contributed by atoms with Crippen molar-refractivity contribution in [3.8, 4) is 0 Å². The number of anilines is 1. The molecule has 3 heterocycles. The molecule has 106 valence electrons. The quantitative estimate of drug-likeness (QED) is 0.829. The molecule has 0 saturated carbocycles. The summed E-state index contributed by atoms with van der Waals surface area (Å²) in [5, 5.41) is 11.5. The first-order chi connectivity index (χ1) is 9.86. The third-order valence-electron chi connectivity index (χ3n) is 3.53. The van der Waals surface area contributed by atoms with Crippen molar-refractivity contribution in [2.45, 2.75) is 33.0 Å². The van der Waals surface area contributed by atoms with Crippen molar-refractivity contribution in [3.63, 3.8) is 0 Å². The van der Waals surface area contributed by atoms with E-state index in [-0.39, 0.29) is 0 Å². The second-order valence-electron chi connectivity index (χ2n) is 5.06. The van der Waals surface area contributed by atoms with Crippen LogP contribution in [-0.4, -0.2) is 32.8 Å². The lowest BCUT2D eigenvalue weighted by Gasteiger charge is -2.28. The van der Waals surface area contributed by atoms with Crippen LogP contribution >= 0.6 is 0 Å². The Morgan fingerprint density at radius 3 is 3.05 bits per heavy atom. The minimum absolute atomic E-state index is 0.778. The van der Waals surface area contributed by atoms with Crippen LogP contribution in [0.4, 0.5) is 5.82 Å². The van der Waals surface area contributed by atoms with Crippen molar-refractivity contribution < 1.29 is 0 Å². The van der Waals surface area contributed by atoms with E-state index in [2.05, 4.69) is 49.0 Å². The van der Waals surface area contributed by atoms with Gasteiger partial charge in [0.05, 0.1) is 6.54 Å². The highest BCUT2D eigenvalue weighted by Crippen LogP contribution is 2.17. The predicted molar refractivity (Wildman–Crippen MR) is 77.3 cm³/mol. The summed E-state index contributed by atoms with van der Waals surface area (Å²) in [4.78, 5) is 6.81. The average molecular weight is 272 g/mol. The van der Waals surface area contributed by atoms with E-state index in [9.17, 15) is 0 Å². The lowest BCUT2D eigenvalue weighted by atomic mass is 10.2.